The van der Waals surface area contributed by atoms with Gasteiger partial charge < -0.3 is 19.0 Å². The predicted octanol–water partition coefficient (Wildman–Crippen LogP) is 6.01. The lowest BCUT2D eigenvalue weighted by molar-refractivity contribution is 0.262. The first-order valence-corrected chi connectivity index (χ1v) is 16.5. The van der Waals surface area contributed by atoms with E-state index in [0.29, 0.717) is 37.1 Å². The van der Waals surface area contributed by atoms with Gasteiger partial charge in [-0.2, -0.15) is 16.8 Å². The second-order valence-corrected chi connectivity index (χ2v) is 12.9. The summed E-state index contributed by atoms with van der Waals surface area (Å²) >= 11 is 0. The Labute approximate surface area is 246 Å². The largest absolute Gasteiger partial charge is 0.382 e. The lowest BCUT2D eigenvalue weighted by Crippen LogP contribution is -2.19. The zero-order chi connectivity index (χ0) is 29.8. The molecule has 9 nitrogen and oxygen atoms in total. The molecule has 0 aliphatic heterocycles. The van der Waals surface area contributed by atoms with Crippen molar-refractivity contribution in [2.75, 3.05) is 22.1 Å². The van der Waals surface area contributed by atoms with Crippen LogP contribution < -0.4 is 19.0 Å². The zero-order valence-electron chi connectivity index (χ0n) is 22.8. The Morgan fingerprint density at radius 3 is 1.60 bits per heavy atom. The smallest absolute Gasteiger partial charge is 0.323 e. The zero-order valence-corrected chi connectivity index (χ0v) is 24.4. The second kappa shape index (κ2) is 14.5. The lowest BCUT2D eigenvalue weighted by atomic mass is 10.1. The van der Waals surface area contributed by atoms with Gasteiger partial charge in [-0.25, -0.2) is 4.79 Å². The normalized spacial score (nSPS) is 11.4. The average molecular weight is 609 g/mol. The fourth-order valence-corrected chi connectivity index (χ4v) is 6.05. The molecular formula is C31H32N2O7S2. The van der Waals surface area contributed by atoms with Gasteiger partial charge >= 0.3 is 26.3 Å². The van der Waals surface area contributed by atoms with E-state index in [1.165, 1.54) is 36.4 Å². The fraction of sp³-hybridized carbons (Fsp3) is 0.194. The summed E-state index contributed by atoms with van der Waals surface area (Å²) in [5.74, 6) is -0.0499. The Morgan fingerprint density at radius 2 is 1.05 bits per heavy atom. The Bertz CT molecular complexity index is 1660. The molecule has 0 aliphatic rings. The van der Waals surface area contributed by atoms with E-state index in [1.54, 1.807) is 12.1 Å². The summed E-state index contributed by atoms with van der Waals surface area (Å²) in [6.45, 7) is 0. The molecule has 0 spiro atoms. The monoisotopic (exact) mass is 608 g/mol. The van der Waals surface area contributed by atoms with Crippen LogP contribution in [-0.4, -0.2) is 34.4 Å². The molecule has 0 bridgehead atoms. The van der Waals surface area contributed by atoms with E-state index < -0.39 is 26.3 Å². The molecule has 0 saturated heterocycles. The van der Waals surface area contributed by atoms with Gasteiger partial charge in [0.25, 0.3) is 0 Å². The van der Waals surface area contributed by atoms with Gasteiger partial charge in [0.15, 0.2) is 0 Å². The van der Waals surface area contributed by atoms with Crippen LogP contribution in [0.2, 0.25) is 0 Å². The van der Waals surface area contributed by atoms with Gasteiger partial charge in [-0.15, -0.1) is 0 Å². The van der Waals surface area contributed by atoms with Crippen molar-refractivity contribution in [1.82, 2.24) is 0 Å². The van der Waals surface area contributed by atoms with E-state index in [4.69, 9.17) is 8.37 Å². The standard InChI is InChI=1S/C31H32N2O7S2/c34-31(32-27-18-20-29(21-19-27)39-41(35,36)22-8-14-25-10-3-1-4-11-25)33-28-16-7-17-30(24-28)40-42(37,38)23-9-15-26-12-5-2-6-13-26/h1-7,10-13,16-21,24H,8-9,14-15,22-23H2,(H2,32,33,34). The van der Waals surface area contributed by atoms with E-state index in [-0.39, 0.29) is 23.0 Å². The minimum absolute atomic E-state index is 0.0824. The summed E-state index contributed by atoms with van der Waals surface area (Å²) in [5.41, 5.74) is 2.83. The highest BCUT2D eigenvalue weighted by atomic mass is 32.2. The minimum Gasteiger partial charge on any atom is -0.382 e. The maximum atomic E-state index is 12.5. The van der Waals surface area contributed by atoms with E-state index in [2.05, 4.69) is 10.6 Å². The van der Waals surface area contributed by atoms with Gasteiger partial charge in [0, 0.05) is 17.4 Å². The second-order valence-electron chi connectivity index (χ2n) is 9.50. The third kappa shape index (κ3) is 10.6. The fourth-order valence-electron chi connectivity index (χ4n) is 4.09. The van der Waals surface area contributed by atoms with Gasteiger partial charge in [0.1, 0.15) is 11.5 Å². The molecule has 220 valence electrons. The molecule has 0 radical (unpaired) electrons. The maximum absolute atomic E-state index is 12.5. The lowest BCUT2D eigenvalue weighted by Gasteiger charge is -2.11. The highest BCUT2D eigenvalue weighted by Crippen LogP contribution is 2.21. The molecule has 0 heterocycles. The molecule has 11 heteroatoms. The van der Waals surface area contributed by atoms with Gasteiger partial charge in [-0.1, -0.05) is 66.7 Å². The van der Waals surface area contributed by atoms with Gasteiger partial charge in [0.05, 0.1) is 11.5 Å². The van der Waals surface area contributed by atoms with E-state index >= 15 is 0 Å². The maximum Gasteiger partial charge on any atom is 0.323 e. The van der Waals surface area contributed by atoms with Crippen LogP contribution in [0.4, 0.5) is 16.2 Å². The highest BCUT2D eigenvalue weighted by molar-refractivity contribution is 7.87. The number of amides is 2. The summed E-state index contributed by atoms with van der Waals surface area (Å²) in [6.07, 6.45) is 2.08. The number of aryl methyl sites for hydroxylation is 2. The summed E-state index contributed by atoms with van der Waals surface area (Å²) in [6, 6.07) is 30.6. The number of carbonyl (C=O) groups is 1. The predicted molar refractivity (Wildman–Crippen MR) is 164 cm³/mol. The first-order valence-electron chi connectivity index (χ1n) is 13.4. The Hall–Kier alpha value is -4.35. The molecular weight excluding hydrogens is 576 g/mol. The van der Waals surface area contributed by atoms with E-state index in [1.807, 2.05) is 60.7 Å². The van der Waals surface area contributed by atoms with Crippen molar-refractivity contribution in [3.05, 3.63) is 120 Å². The molecule has 4 rings (SSSR count). The molecule has 42 heavy (non-hydrogen) atoms. The van der Waals surface area contributed by atoms with Gasteiger partial charge in [-0.05, 0) is 73.2 Å². The number of carbonyl (C=O) groups excluding carboxylic acids is 1. The molecule has 0 fully saturated rings. The van der Waals surface area contributed by atoms with Crippen molar-refractivity contribution >= 4 is 37.6 Å². The molecule has 0 aromatic heterocycles. The molecule has 0 aliphatic carbocycles. The number of benzene rings is 4. The third-order valence-corrected chi connectivity index (χ3v) is 8.53. The number of nitrogens with one attached hydrogen (secondary N) is 2. The first-order chi connectivity index (χ1) is 20.2. The van der Waals surface area contributed by atoms with Crippen LogP contribution in [0, 0.1) is 0 Å². The Balaban J connectivity index is 1.23. The van der Waals surface area contributed by atoms with Crippen LogP contribution in [0.5, 0.6) is 11.5 Å². The number of anilines is 2. The van der Waals surface area contributed by atoms with Crippen LogP contribution in [-0.2, 0) is 33.1 Å². The molecule has 4 aromatic carbocycles. The third-order valence-electron chi connectivity index (χ3n) is 6.06. The van der Waals surface area contributed by atoms with Crippen molar-refractivity contribution in [3.8, 4) is 11.5 Å². The summed E-state index contributed by atoms with van der Waals surface area (Å²) in [4.78, 5) is 12.5. The molecule has 0 unspecified atom stereocenters. The number of urea groups is 1. The van der Waals surface area contributed by atoms with Crippen molar-refractivity contribution in [3.63, 3.8) is 0 Å². The molecule has 4 aromatic rings. The van der Waals surface area contributed by atoms with Crippen molar-refractivity contribution in [1.29, 1.82) is 0 Å². The van der Waals surface area contributed by atoms with Crippen LogP contribution in [0.3, 0.4) is 0 Å². The molecule has 2 amide bonds. The SMILES string of the molecule is O=C(Nc1ccc(OS(=O)(=O)CCCc2ccccc2)cc1)Nc1cccc(OS(=O)(=O)CCCc2ccccc2)c1. The Kier molecular flexibility index (Phi) is 10.6. The van der Waals surface area contributed by atoms with E-state index in [0.717, 1.165) is 11.1 Å². The van der Waals surface area contributed by atoms with E-state index in [9.17, 15) is 21.6 Å². The minimum atomic E-state index is -3.82. The Morgan fingerprint density at radius 1 is 0.548 bits per heavy atom. The van der Waals surface area contributed by atoms with Gasteiger partial charge in [-0.3, -0.25) is 0 Å². The molecule has 0 atom stereocenters. The van der Waals surface area contributed by atoms with Crippen molar-refractivity contribution in [2.24, 2.45) is 0 Å². The number of hydrogen-bond acceptors (Lipinski definition) is 7. The quantitative estimate of drug-likeness (QED) is 0.168. The molecule has 2 N–H and O–H groups in total. The van der Waals surface area contributed by atoms with Crippen LogP contribution >= 0.6 is 0 Å². The van der Waals surface area contributed by atoms with Crippen LogP contribution in [0.1, 0.15) is 24.0 Å². The van der Waals surface area contributed by atoms with Gasteiger partial charge in [0.2, 0.25) is 0 Å². The van der Waals surface area contributed by atoms with Crippen LogP contribution in [0.25, 0.3) is 0 Å². The summed E-state index contributed by atoms with van der Waals surface area (Å²) in [5, 5.41) is 5.25. The summed E-state index contributed by atoms with van der Waals surface area (Å²) < 4.78 is 59.9. The van der Waals surface area contributed by atoms with Crippen molar-refractivity contribution < 1.29 is 30.0 Å². The summed E-state index contributed by atoms with van der Waals surface area (Å²) in [7, 11) is -7.59. The van der Waals surface area contributed by atoms with Crippen LogP contribution in [0.15, 0.2) is 109 Å². The molecule has 0 saturated carbocycles. The average Bonchev–Trinajstić information content (AvgIpc) is 2.95. The van der Waals surface area contributed by atoms with Crippen molar-refractivity contribution in [2.45, 2.75) is 25.7 Å². The number of rotatable bonds is 14. The highest BCUT2D eigenvalue weighted by Gasteiger charge is 2.15. The first kappa shape index (κ1) is 30.6. The topological polar surface area (TPSA) is 128 Å². The number of hydrogen-bond donors (Lipinski definition) is 2.